The van der Waals surface area contributed by atoms with Gasteiger partial charge in [0.2, 0.25) is 0 Å². The summed E-state index contributed by atoms with van der Waals surface area (Å²) in [6.07, 6.45) is -2.91. The highest BCUT2D eigenvalue weighted by Crippen LogP contribution is 2.33. The summed E-state index contributed by atoms with van der Waals surface area (Å²) >= 11 is 0. The number of aldehydes is 1. The van der Waals surface area contributed by atoms with Gasteiger partial charge in [-0.25, -0.2) is 0 Å². The highest BCUT2D eigenvalue weighted by Gasteiger charge is 2.38. The van der Waals surface area contributed by atoms with Crippen molar-refractivity contribution in [1.29, 1.82) is 0 Å². The second-order valence-electron chi connectivity index (χ2n) is 3.27. The van der Waals surface area contributed by atoms with Crippen LogP contribution in [0.25, 0.3) is 0 Å². The lowest BCUT2D eigenvalue weighted by atomic mass is 10.2. The van der Waals surface area contributed by atoms with Gasteiger partial charge in [0, 0.05) is 6.04 Å². The summed E-state index contributed by atoms with van der Waals surface area (Å²) in [7, 11) is 0. The molecule has 0 N–H and O–H groups in total. The Bertz CT molecular complexity index is 357. The van der Waals surface area contributed by atoms with E-state index in [0.717, 1.165) is 10.9 Å². The van der Waals surface area contributed by atoms with Crippen LogP contribution in [0.1, 0.15) is 42.4 Å². The summed E-state index contributed by atoms with van der Waals surface area (Å²) < 4.78 is 38.7. The molecule has 0 amide bonds. The van der Waals surface area contributed by atoms with Gasteiger partial charge in [0.05, 0.1) is 11.8 Å². The number of halogens is 3. The Morgan fingerprint density at radius 3 is 2.60 bits per heavy atom. The molecule has 1 rings (SSSR count). The van der Waals surface area contributed by atoms with Crippen molar-refractivity contribution in [1.82, 2.24) is 9.78 Å². The molecule has 1 atom stereocenters. The highest BCUT2D eigenvalue weighted by atomic mass is 19.4. The molecule has 3 nitrogen and oxygen atoms in total. The van der Waals surface area contributed by atoms with Crippen molar-refractivity contribution in [3.63, 3.8) is 0 Å². The number of hydrogen-bond acceptors (Lipinski definition) is 2. The van der Waals surface area contributed by atoms with E-state index in [1.54, 1.807) is 13.8 Å². The van der Waals surface area contributed by atoms with Crippen LogP contribution < -0.4 is 0 Å². The largest absolute Gasteiger partial charge is 0.433 e. The van der Waals surface area contributed by atoms with Gasteiger partial charge in [0.1, 0.15) is 0 Å². The van der Waals surface area contributed by atoms with Crippen LogP contribution >= 0.6 is 0 Å². The van der Waals surface area contributed by atoms with Gasteiger partial charge in [-0.3, -0.25) is 9.48 Å². The molecule has 0 bridgehead atoms. The van der Waals surface area contributed by atoms with Gasteiger partial charge < -0.3 is 0 Å². The predicted molar refractivity (Wildman–Crippen MR) is 47.6 cm³/mol. The number of alkyl halides is 3. The van der Waals surface area contributed by atoms with Crippen LogP contribution in [0.4, 0.5) is 13.2 Å². The lowest BCUT2D eigenvalue weighted by molar-refractivity contribution is -0.145. The smallest absolute Gasteiger partial charge is 0.298 e. The third kappa shape index (κ3) is 2.19. The molecule has 0 saturated carbocycles. The minimum absolute atomic E-state index is 0.175. The van der Waals surface area contributed by atoms with E-state index in [4.69, 9.17) is 0 Å². The quantitative estimate of drug-likeness (QED) is 0.734. The summed E-state index contributed by atoms with van der Waals surface area (Å²) in [6.45, 7) is 3.38. The first kappa shape index (κ1) is 11.7. The number of rotatable bonds is 3. The molecule has 15 heavy (non-hydrogen) atoms. The lowest BCUT2D eigenvalue weighted by Gasteiger charge is -2.15. The molecule has 0 radical (unpaired) electrons. The molecule has 1 aromatic rings. The summed E-state index contributed by atoms with van der Waals surface area (Å²) in [5.74, 6) is 0. The maximum Gasteiger partial charge on any atom is 0.433 e. The first-order chi connectivity index (χ1) is 6.91. The topological polar surface area (TPSA) is 34.9 Å². The third-order valence-corrected chi connectivity index (χ3v) is 2.23. The van der Waals surface area contributed by atoms with E-state index in [1.807, 2.05) is 0 Å². The molecule has 6 heteroatoms. The van der Waals surface area contributed by atoms with Gasteiger partial charge in [-0.05, 0) is 13.3 Å². The fraction of sp³-hybridized carbons (Fsp3) is 0.556. The average Bonchev–Trinajstić information content (AvgIpc) is 2.59. The second kappa shape index (κ2) is 4.04. The Labute approximate surface area is 84.9 Å². The Morgan fingerprint density at radius 2 is 2.20 bits per heavy atom. The zero-order chi connectivity index (χ0) is 11.6. The Kier molecular flexibility index (Phi) is 3.16. The Morgan fingerprint density at radius 1 is 1.60 bits per heavy atom. The van der Waals surface area contributed by atoms with Crippen LogP contribution in [0.3, 0.4) is 0 Å². The second-order valence-corrected chi connectivity index (χ2v) is 3.27. The predicted octanol–water partition coefficient (Wildman–Crippen LogP) is 2.69. The number of carbonyl (C=O) groups excluding carboxylic acids is 1. The average molecular weight is 220 g/mol. The van der Waals surface area contributed by atoms with Gasteiger partial charge in [-0.15, -0.1) is 0 Å². The fourth-order valence-corrected chi connectivity index (χ4v) is 1.26. The van der Waals surface area contributed by atoms with Gasteiger partial charge in [-0.2, -0.15) is 18.3 Å². The summed E-state index contributed by atoms with van der Waals surface area (Å²) in [6, 6.07) is -0.379. The maximum atomic E-state index is 12.6. The number of nitrogens with zero attached hydrogens (tertiary/aromatic N) is 2. The molecule has 0 aliphatic carbocycles. The van der Waals surface area contributed by atoms with Gasteiger partial charge in [0.15, 0.2) is 12.0 Å². The molecule has 0 spiro atoms. The van der Waals surface area contributed by atoms with E-state index in [9.17, 15) is 18.0 Å². The standard InChI is InChI=1S/C9H11F3N2O/c1-3-6(2)14-8(9(10,11)12)7(5-15)4-13-14/h4-6H,3H2,1-2H3. The van der Waals surface area contributed by atoms with Crippen molar-refractivity contribution < 1.29 is 18.0 Å². The Balaban J connectivity index is 3.29. The first-order valence-corrected chi connectivity index (χ1v) is 4.51. The Hall–Kier alpha value is -1.33. The van der Waals surface area contributed by atoms with Crippen molar-refractivity contribution in [2.24, 2.45) is 0 Å². The van der Waals surface area contributed by atoms with Crippen molar-refractivity contribution in [3.8, 4) is 0 Å². The maximum absolute atomic E-state index is 12.6. The lowest BCUT2D eigenvalue weighted by Crippen LogP contribution is -2.19. The molecule has 1 unspecified atom stereocenters. The SMILES string of the molecule is CCC(C)n1ncc(C=O)c1C(F)(F)F. The van der Waals surface area contributed by atoms with E-state index < -0.39 is 17.4 Å². The van der Waals surface area contributed by atoms with E-state index in [2.05, 4.69) is 5.10 Å². The number of carbonyl (C=O) groups is 1. The molecular weight excluding hydrogens is 209 g/mol. The summed E-state index contributed by atoms with van der Waals surface area (Å²) in [4.78, 5) is 10.4. The van der Waals surface area contributed by atoms with Crippen LogP contribution in [-0.2, 0) is 6.18 Å². The molecule has 0 aliphatic heterocycles. The molecule has 1 heterocycles. The van der Waals surface area contributed by atoms with Gasteiger partial charge in [-0.1, -0.05) is 6.92 Å². The summed E-state index contributed by atoms with van der Waals surface area (Å²) in [5, 5.41) is 3.59. The van der Waals surface area contributed by atoms with Crippen LogP contribution in [-0.4, -0.2) is 16.1 Å². The van der Waals surface area contributed by atoms with Crippen LogP contribution in [0, 0.1) is 0 Å². The van der Waals surface area contributed by atoms with Crippen molar-refractivity contribution in [2.45, 2.75) is 32.5 Å². The molecular formula is C9H11F3N2O. The fourth-order valence-electron chi connectivity index (χ4n) is 1.26. The monoisotopic (exact) mass is 220 g/mol. The zero-order valence-electron chi connectivity index (χ0n) is 8.38. The number of aromatic nitrogens is 2. The van der Waals surface area contributed by atoms with E-state index in [1.165, 1.54) is 0 Å². The zero-order valence-corrected chi connectivity index (χ0v) is 8.38. The van der Waals surface area contributed by atoms with E-state index in [-0.39, 0.29) is 12.3 Å². The van der Waals surface area contributed by atoms with Crippen molar-refractivity contribution in [3.05, 3.63) is 17.5 Å². The van der Waals surface area contributed by atoms with Crippen LogP contribution in [0.5, 0.6) is 0 Å². The summed E-state index contributed by atoms with van der Waals surface area (Å²) in [5.41, 5.74) is -1.38. The van der Waals surface area contributed by atoms with Gasteiger partial charge in [0.25, 0.3) is 0 Å². The van der Waals surface area contributed by atoms with Crippen LogP contribution in [0.15, 0.2) is 6.20 Å². The molecule has 0 saturated heterocycles. The minimum Gasteiger partial charge on any atom is -0.298 e. The molecule has 0 fully saturated rings. The van der Waals surface area contributed by atoms with Crippen molar-refractivity contribution >= 4 is 6.29 Å². The normalized spacial score (nSPS) is 13.9. The first-order valence-electron chi connectivity index (χ1n) is 4.51. The molecule has 84 valence electrons. The van der Waals surface area contributed by atoms with E-state index >= 15 is 0 Å². The molecule has 0 aliphatic rings. The number of hydrogen-bond donors (Lipinski definition) is 0. The van der Waals surface area contributed by atoms with Crippen LogP contribution in [0.2, 0.25) is 0 Å². The van der Waals surface area contributed by atoms with E-state index in [0.29, 0.717) is 6.42 Å². The highest BCUT2D eigenvalue weighted by molar-refractivity contribution is 5.76. The molecule has 0 aromatic carbocycles. The van der Waals surface area contributed by atoms with Crippen molar-refractivity contribution in [2.75, 3.05) is 0 Å². The molecule has 1 aromatic heterocycles. The minimum atomic E-state index is -4.55. The third-order valence-electron chi connectivity index (χ3n) is 2.23. The van der Waals surface area contributed by atoms with Gasteiger partial charge >= 0.3 is 6.18 Å².